The van der Waals surface area contributed by atoms with Crippen LogP contribution in [0, 0.1) is 10.1 Å². The lowest BCUT2D eigenvalue weighted by atomic mass is 9.95. The normalized spacial score (nSPS) is 17.4. The van der Waals surface area contributed by atoms with E-state index in [-0.39, 0.29) is 12.3 Å². The van der Waals surface area contributed by atoms with Gasteiger partial charge in [-0.15, -0.1) is 0 Å². The third-order valence-electron chi connectivity index (χ3n) is 3.21. The maximum Gasteiger partial charge on any atom is 0.329 e. The van der Waals surface area contributed by atoms with Gasteiger partial charge in [-0.25, -0.2) is 4.79 Å². The fraction of sp³-hybridized carbons (Fsp3) is 0.462. The molecule has 0 aliphatic carbocycles. The first-order valence-corrected chi connectivity index (χ1v) is 6.19. The molecular weight excluding hydrogens is 264 g/mol. The topological polar surface area (TPSA) is 92.9 Å². The molecule has 1 N–H and O–H groups in total. The molecule has 0 bridgehead atoms. The molecule has 1 aliphatic heterocycles. The van der Waals surface area contributed by atoms with Crippen molar-refractivity contribution < 1.29 is 19.6 Å². The van der Waals surface area contributed by atoms with Crippen molar-refractivity contribution in [3.63, 3.8) is 0 Å². The van der Waals surface area contributed by atoms with Crippen LogP contribution in [0.1, 0.15) is 12.5 Å². The van der Waals surface area contributed by atoms with E-state index in [4.69, 9.17) is 9.84 Å². The Hall–Kier alpha value is -1.99. The Bertz CT molecular complexity index is 508. The van der Waals surface area contributed by atoms with Crippen molar-refractivity contribution in [3.05, 3.63) is 39.9 Å². The highest BCUT2D eigenvalue weighted by Gasteiger charge is 2.39. The number of non-ortho nitro benzene ring substituents is 1. The quantitative estimate of drug-likeness (QED) is 0.623. The summed E-state index contributed by atoms with van der Waals surface area (Å²) < 4.78 is 5.31. The Morgan fingerprint density at radius 3 is 2.55 bits per heavy atom. The number of hydrogen-bond acceptors (Lipinski definition) is 5. The number of benzene rings is 1. The highest BCUT2D eigenvalue weighted by Crippen LogP contribution is 2.26. The Morgan fingerprint density at radius 2 is 2.05 bits per heavy atom. The second-order valence-corrected chi connectivity index (χ2v) is 5.20. The Morgan fingerprint density at radius 1 is 1.45 bits per heavy atom. The van der Waals surface area contributed by atoms with Crippen molar-refractivity contribution in [2.75, 3.05) is 19.7 Å². The van der Waals surface area contributed by atoms with Crippen LogP contribution in [0.15, 0.2) is 24.3 Å². The SMILES string of the molecule is CC1(OCC(=O)O)CN(Cc2ccc([N+](=O)[O-])cc2)C1. The summed E-state index contributed by atoms with van der Waals surface area (Å²) in [6, 6.07) is 6.42. The number of nitrogens with zero attached hydrogens (tertiary/aromatic N) is 2. The summed E-state index contributed by atoms with van der Waals surface area (Å²) in [5.41, 5.74) is 0.641. The number of likely N-dealkylation sites (tertiary alicyclic amines) is 1. The number of hydrogen-bond donors (Lipinski definition) is 1. The molecule has 0 unspecified atom stereocenters. The van der Waals surface area contributed by atoms with Crippen LogP contribution in [0.25, 0.3) is 0 Å². The largest absolute Gasteiger partial charge is 0.480 e. The smallest absolute Gasteiger partial charge is 0.329 e. The van der Waals surface area contributed by atoms with Crippen molar-refractivity contribution in [3.8, 4) is 0 Å². The summed E-state index contributed by atoms with van der Waals surface area (Å²) in [7, 11) is 0. The average molecular weight is 280 g/mol. The number of carbonyl (C=O) groups is 1. The van der Waals surface area contributed by atoms with Gasteiger partial charge in [-0.2, -0.15) is 0 Å². The van der Waals surface area contributed by atoms with Crippen molar-refractivity contribution in [1.82, 2.24) is 4.90 Å². The minimum absolute atomic E-state index is 0.0759. The number of aliphatic carboxylic acids is 1. The Labute approximate surface area is 115 Å². The van der Waals surface area contributed by atoms with E-state index in [1.54, 1.807) is 12.1 Å². The summed E-state index contributed by atoms with van der Waals surface area (Å²) >= 11 is 0. The summed E-state index contributed by atoms with van der Waals surface area (Å²) in [6.45, 7) is 3.56. The van der Waals surface area contributed by atoms with Crippen LogP contribution >= 0.6 is 0 Å². The predicted molar refractivity (Wildman–Crippen MR) is 70.4 cm³/mol. The molecule has 0 aromatic heterocycles. The molecule has 0 spiro atoms. The van der Waals surface area contributed by atoms with Crippen LogP contribution in [-0.4, -0.2) is 46.2 Å². The van der Waals surface area contributed by atoms with Gasteiger partial charge in [-0.05, 0) is 12.5 Å². The minimum atomic E-state index is -0.972. The zero-order valence-electron chi connectivity index (χ0n) is 11.1. The van der Waals surface area contributed by atoms with E-state index >= 15 is 0 Å². The predicted octanol–water partition coefficient (Wildman–Crippen LogP) is 1.27. The van der Waals surface area contributed by atoms with Crippen molar-refractivity contribution in [2.45, 2.75) is 19.1 Å². The molecule has 1 aromatic carbocycles. The van der Waals surface area contributed by atoms with Crippen LogP contribution in [0.3, 0.4) is 0 Å². The van der Waals surface area contributed by atoms with Crippen LogP contribution < -0.4 is 0 Å². The first-order chi connectivity index (χ1) is 9.38. The summed E-state index contributed by atoms with van der Waals surface area (Å²) in [5, 5.41) is 19.1. The molecule has 1 fully saturated rings. The van der Waals surface area contributed by atoms with Crippen molar-refractivity contribution in [1.29, 1.82) is 0 Å². The molecule has 0 amide bonds. The summed E-state index contributed by atoms with van der Waals surface area (Å²) in [5.74, 6) is -0.972. The van der Waals surface area contributed by atoms with E-state index in [0.29, 0.717) is 19.6 Å². The molecule has 1 aliphatic rings. The lowest BCUT2D eigenvalue weighted by Gasteiger charge is -2.47. The van der Waals surface area contributed by atoms with E-state index < -0.39 is 16.5 Å². The fourth-order valence-electron chi connectivity index (χ4n) is 2.32. The molecule has 2 rings (SSSR count). The molecule has 1 aromatic rings. The lowest BCUT2D eigenvalue weighted by molar-refractivity contribution is -0.384. The monoisotopic (exact) mass is 280 g/mol. The molecule has 0 saturated carbocycles. The van der Waals surface area contributed by atoms with Gasteiger partial charge in [0.05, 0.1) is 10.5 Å². The number of carboxylic acid groups (broad SMARTS) is 1. The fourth-order valence-corrected chi connectivity index (χ4v) is 2.32. The van der Waals surface area contributed by atoms with Crippen molar-refractivity contribution in [2.24, 2.45) is 0 Å². The number of carboxylic acids is 1. The molecule has 20 heavy (non-hydrogen) atoms. The zero-order valence-corrected chi connectivity index (χ0v) is 11.1. The lowest BCUT2D eigenvalue weighted by Crippen LogP contribution is -2.61. The van der Waals surface area contributed by atoms with E-state index in [0.717, 1.165) is 5.56 Å². The van der Waals surface area contributed by atoms with Gasteiger partial charge in [-0.3, -0.25) is 15.0 Å². The third kappa shape index (κ3) is 3.52. The van der Waals surface area contributed by atoms with E-state index in [1.165, 1.54) is 12.1 Å². The number of nitro groups is 1. The average Bonchev–Trinajstić information content (AvgIpc) is 2.35. The highest BCUT2D eigenvalue weighted by atomic mass is 16.6. The van der Waals surface area contributed by atoms with Crippen LogP contribution in [0.2, 0.25) is 0 Å². The molecule has 0 atom stereocenters. The first kappa shape index (κ1) is 14.4. The minimum Gasteiger partial charge on any atom is -0.480 e. The standard InChI is InChI=1S/C13H16N2O5/c1-13(20-7-12(16)17)8-14(9-13)6-10-2-4-11(5-3-10)15(18)19/h2-5H,6-9H2,1H3,(H,16,17). The highest BCUT2D eigenvalue weighted by molar-refractivity contribution is 5.68. The van der Waals surface area contributed by atoms with E-state index in [2.05, 4.69) is 4.90 Å². The molecular formula is C13H16N2O5. The third-order valence-corrected chi connectivity index (χ3v) is 3.21. The van der Waals surface area contributed by atoms with E-state index in [9.17, 15) is 14.9 Å². The summed E-state index contributed by atoms with van der Waals surface area (Å²) in [4.78, 5) is 22.7. The maximum absolute atomic E-state index is 10.5. The van der Waals surface area contributed by atoms with Crippen LogP contribution in [0.5, 0.6) is 0 Å². The van der Waals surface area contributed by atoms with Gasteiger partial charge in [0.2, 0.25) is 0 Å². The molecule has 1 saturated heterocycles. The molecule has 108 valence electrons. The van der Waals surface area contributed by atoms with Gasteiger partial charge < -0.3 is 9.84 Å². The second kappa shape index (κ2) is 5.56. The molecule has 0 radical (unpaired) electrons. The molecule has 7 nitrogen and oxygen atoms in total. The van der Waals surface area contributed by atoms with Gasteiger partial charge in [0.1, 0.15) is 6.61 Å². The van der Waals surface area contributed by atoms with Gasteiger partial charge >= 0.3 is 5.97 Å². The van der Waals surface area contributed by atoms with E-state index in [1.807, 2.05) is 6.92 Å². The number of nitro benzene ring substituents is 1. The second-order valence-electron chi connectivity index (χ2n) is 5.20. The van der Waals surface area contributed by atoms with Gasteiger partial charge in [0.15, 0.2) is 0 Å². The van der Waals surface area contributed by atoms with Crippen LogP contribution in [0.4, 0.5) is 5.69 Å². The Kier molecular flexibility index (Phi) is 4.01. The number of rotatable bonds is 6. The molecule has 1 heterocycles. The van der Waals surface area contributed by atoms with Gasteiger partial charge in [0.25, 0.3) is 5.69 Å². The molecule has 7 heteroatoms. The Balaban J connectivity index is 1.82. The number of ether oxygens (including phenoxy) is 1. The van der Waals surface area contributed by atoms with Crippen molar-refractivity contribution >= 4 is 11.7 Å². The van der Waals surface area contributed by atoms with Gasteiger partial charge in [-0.1, -0.05) is 12.1 Å². The van der Waals surface area contributed by atoms with Crippen LogP contribution in [-0.2, 0) is 16.1 Å². The van der Waals surface area contributed by atoms with Gasteiger partial charge in [0, 0.05) is 31.8 Å². The zero-order chi connectivity index (χ0) is 14.8. The maximum atomic E-state index is 10.5. The first-order valence-electron chi connectivity index (χ1n) is 6.19. The summed E-state index contributed by atoms with van der Waals surface area (Å²) in [6.07, 6.45) is 0.